The Morgan fingerprint density at radius 3 is 2.66 bits per heavy atom. The molecule has 1 saturated heterocycles. The van der Waals surface area contributed by atoms with Crippen LogP contribution in [0.1, 0.15) is 65.8 Å². The van der Waals surface area contributed by atoms with Gasteiger partial charge in [0.25, 0.3) is 11.8 Å². The smallest absolute Gasteiger partial charge is 0.303 e. The number of imide groups is 1. The van der Waals surface area contributed by atoms with Crippen molar-refractivity contribution in [2.75, 3.05) is 0 Å². The highest BCUT2D eigenvalue weighted by atomic mass is 16.4. The van der Waals surface area contributed by atoms with E-state index in [0.717, 1.165) is 0 Å². The zero-order chi connectivity index (χ0) is 21.3. The molecular weight excluding hydrogens is 378 g/mol. The number of benzene rings is 1. The summed E-state index contributed by atoms with van der Waals surface area (Å²) in [5, 5.41) is 13.9. The highest BCUT2D eigenvalue weighted by Gasteiger charge is 2.39. The number of piperidine rings is 1. The summed E-state index contributed by atoms with van der Waals surface area (Å²) < 4.78 is 0. The van der Waals surface area contributed by atoms with E-state index in [0.29, 0.717) is 16.7 Å². The number of amides is 4. The van der Waals surface area contributed by atoms with Gasteiger partial charge in [-0.15, -0.1) is 0 Å². The zero-order valence-corrected chi connectivity index (χ0v) is 16.3. The van der Waals surface area contributed by atoms with Crippen molar-refractivity contribution in [3.05, 3.63) is 34.9 Å². The van der Waals surface area contributed by atoms with E-state index in [-0.39, 0.29) is 49.9 Å². The topological polar surface area (TPSA) is 133 Å². The molecule has 0 radical (unpaired) electrons. The second-order valence-corrected chi connectivity index (χ2v) is 8.00. The SMILES string of the molecule is CC(C)(CCC(=O)O)NC(=O)c1ccc2c(c1)CN(C1CCC(=O)NC1=O)C2=O. The van der Waals surface area contributed by atoms with Crippen molar-refractivity contribution in [1.82, 2.24) is 15.5 Å². The van der Waals surface area contributed by atoms with Crippen LogP contribution in [0.4, 0.5) is 0 Å². The number of carbonyl (C=O) groups excluding carboxylic acids is 4. The van der Waals surface area contributed by atoms with Gasteiger partial charge in [-0.05, 0) is 50.5 Å². The largest absolute Gasteiger partial charge is 0.481 e. The fourth-order valence-electron chi connectivity index (χ4n) is 3.58. The molecule has 0 aliphatic carbocycles. The normalized spacial score (nSPS) is 19.0. The summed E-state index contributed by atoms with van der Waals surface area (Å²) in [7, 11) is 0. The van der Waals surface area contributed by atoms with Gasteiger partial charge in [-0.3, -0.25) is 29.3 Å². The van der Waals surface area contributed by atoms with Crippen LogP contribution in [0.3, 0.4) is 0 Å². The Labute approximate surface area is 167 Å². The lowest BCUT2D eigenvalue weighted by Crippen LogP contribution is -2.52. The Morgan fingerprint density at radius 2 is 2.00 bits per heavy atom. The van der Waals surface area contributed by atoms with E-state index in [1.807, 2.05) is 0 Å². The quantitative estimate of drug-likeness (QED) is 0.605. The van der Waals surface area contributed by atoms with Gasteiger partial charge in [0.15, 0.2) is 0 Å². The molecule has 1 fully saturated rings. The van der Waals surface area contributed by atoms with E-state index in [2.05, 4.69) is 10.6 Å². The summed E-state index contributed by atoms with van der Waals surface area (Å²) in [5.41, 5.74) is 0.709. The molecule has 3 rings (SSSR count). The van der Waals surface area contributed by atoms with Gasteiger partial charge in [-0.25, -0.2) is 0 Å². The number of hydrogen-bond donors (Lipinski definition) is 3. The van der Waals surface area contributed by atoms with E-state index in [9.17, 15) is 24.0 Å². The van der Waals surface area contributed by atoms with Crippen LogP contribution in [0.25, 0.3) is 0 Å². The molecule has 0 bridgehead atoms. The van der Waals surface area contributed by atoms with Crippen molar-refractivity contribution in [2.45, 2.75) is 57.7 Å². The van der Waals surface area contributed by atoms with Crippen molar-refractivity contribution in [1.29, 1.82) is 0 Å². The molecule has 1 aromatic carbocycles. The summed E-state index contributed by atoms with van der Waals surface area (Å²) >= 11 is 0. The maximum Gasteiger partial charge on any atom is 0.303 e. The molecule has 1 atom stereocenters. The summed E-state index contributed by atoms with van der Waals surface area (Å²) in [5.74, 6) is -2.43. The van der Waals surface area contributed by atoms with Crippen LogP contribution >= 0.6 is 0 Å². The maximum atomic E-state index is 12.7. The Hall–Kier alpha value is -3.23. The molecule has 2 heterocycles. The number of nitrogens with zero attached hydrogens (tertiary/aromatic N) is 1. The second-order valence-electron chi connectivity index (χ2n) is 8.00. The van der Waals surface area contributed by atoms with Gasteiger partial charge in [0.05, 0.1) is 0 Å². The van der Waals surface area contributed by atoms with Crippen molar-refractivity contribution >= 4 is 29.6 Å². The number of carbonyl (C=O) groups is 5. The van der Waals surface area contributed by atoms with Gasteiger partial charge in [-0.1, -0.05) is 0 Å². The van der Waals surface area contributed by atoms with Crippen LogP contribution in [0, 0.1) is 0 Å². The first-order valence-electron chi connectivity index (χ1n) is 9.39. The Kier molecular flexibility index (Phi) is 5.41. The Balaban J connectivity index is 1.72. The van der Waals surface area contributed by atoms with E-state index < -0.39 is 23.5 Å². The van der Waals surface area contributed by atoms with Gasteiger partial charge in [0, 0.05) is 36.1 Å². The van der Waals surface area contributed by atoms with E-state index >= 15 is 0 Å². The molecule has 0 aromatic heterocycles. The van der Waals surface area contributed by atoms with Crippen LogP contribution < -0.4 is 10.6 Å². The number of carboxylic acids is 1. The summed E-state index contributed by atoms with van der Waals surface area (Å²) in [4.78, 5) is 60.9. The van der Waals surface area contributed by atoms with Gasteiger partial charge in [0.1, 0.15) is 6.04 Å². The van der Waals surface area contributed by atoms with Gasteiger partial charge < -0.3 is 15.3 Å². The molecule has 154 valence electrons. The van der Waals surface area contributed by atoms with Gasteiger partial charge in [-0.2, -0.15) is 0 Å². The molecule has 1 unspecified atom stereocenters. The Bertz CT molecular complexity index is 907. The number of carboxylic acid groups (broad SMARTS) is 1. The van der Waals surface area contributed by atoms with Crippen LogP contribution in [0.2, 0.25) is 0 Å². The van der Waals surface area contributed by atoms with E-state index in [1.165, 1.54) is 11.0 Å². The predicted octanol–water partition coefficient (Wildman–Crippen LogP) is 0.821. The number of nitrogens with one attached hydrogen (secondary N) is 2. The van der Waals surface area contributed by atoms with Crippen LogP contribution in [0.15, 0.2) is 18.2 Å². The molecule has 2 aliphatic heterocycles. The number of hydrogen-bond acceptors (Lipinski definition) is 5. The van der Waals surface area contributed by atoms with E-state index in [4.69, 9.17) is 5.11 Å². The minimum atomic E-state index is -0.933. The molecule has 1 aromatic rings. The average molecular weight is 401 g/mol. The third kappa shape index (κ3) is 4.44. The molecule has 3 N–H and O–H groups in total. The van der Waals surface area contributed by atoms with Crippen molar-refractivity contribution < 1.29 is 29.1 Å². The number of fused-ring (bicyclic) bond motifs is 1. The minimum absolute atomic E-state index is 0.0626. The predicted molar refractivity (Wildman–Crippen MR) is 101 cm³/mol. The molecular formula is C20H23N3O6. The summed E-state index contributed by atoms with van der Waals surface area (Å²) in [6.07, 6.45) is 0.665. The summed E-state index contributed by atoms with van der Waals surface area (Å²) in [6.45, 7) is 3.68. The fraction of sp³-hybridized carbons (Fsp3) is 0.450. The first kappa shape index (κ1) is 20.5. The minimum Gasteiger partial charge on any atom is -0.481 e. The highest BCUT2D eigenvalue weighted by molar-refractivity contribution is 6.06. The first-order chi connectivity index (χ1) is 13.6. The average Bonchev–Trinajstić information content (AvgIpc) is 2.96. The molecule has 2 aliphatic rings. The van der Waals surface area contributed by atoms with Crippen molar-refractivity contribution in [3.8, 4) is 0 Å². The van der Waals surface area contributed by atoms with E-state index in [1.54, 1.807) is 26.0 Å². The van der Waals surface area contributed by atoms with Gasteiger partial charge >= 0.3 is 5.97 Å². The third-order valence-corrected chi connectivity index (χ3v) is 5.20. The highest BCUT2D eigenvalue weighted by Crippen LogP contribution is 2.28. The number of rotatable bonds is 6. The molecule has 29 heavy (non-hydrogen) atoms. The molecule has 0 saturated carbocycles. The Morgan fingerprint density at radius 1 is 1.28 bits per heavy atom. The van der Waals surface area contributed by atoms with Crippen LogP contribution in [-0.4, -0.2) is 51.2 Å². The van der Waals surface area contributed by atoms with Crippen LogP contribution in [0.5, 0.6) is 0 Å². The second kappa shape index (κ2) is 7.65. The first-order valence-corrected chi connectivity index (χ1v) is 9.39. The van der Waals surface area contributed by atoms with Crippen LogP contribution in [-0.2, 0) is 20.9 Å². The standard InChI is InChI=1S/C20H23N3O6/c1-20(2,8-7-16(25)26)22-17(27)11-3-4-13-12(9-11)10-23(19(13)29)14-5-6-15(24)21-18(14)28/h3-4,9,14H,5-8,10H2,1-2H3,(H,22,27)(H,25,26)(H,21,24,28). The third-order valence-electron chi connectivity index (χ3n) is 5.20. The fourth-order valence-corrected chi connectivity index (χ4v) is 3.58. The van der Waals surface area contributed by atoms with Gasteiger partial charge in [0.2, 0.25) is 11.8 Å². The molecule has 9 heteroatoms. The maximum absolute atomic E-state index is 12.7. The zero-order valence-electron chi connectivity index (χ0n) is 16.3. The lowest BCUT2D eigenvalue weighted by molar-refractivity contribution is -0.138. The molecule has 0 spiro atoms. The monoisotopic (exact) mass is 401 g/mol. The molecule has 9 nitrogen and oxygen atoms in total. The lowest BCUT2D eigenvalue weighted by Gasteiger charge is -2.29. The number of aliphatic carboxylic acids is 1. The lowest BCUT2D eigenvalue weighted by atomic mass is 9.97. The molecule has 4 amide bonds. The summed E-state index contributed by atoms with van der Waals surface area (Å²) in [6, 6.07) is 4.00. The van der Waals surface area contributed by atoms with Crippen molar-refractivity contribution in [2.24, 2.45) is 0 Å². The van der Waals surface area contributed by atoms with Crippen molar-refractivity contribution in [3.63, 3.8) is 0 Å².